The summed E-state index contributed by atoms with van der Waals surface area (Å²) in [6.07, 6.45) is 12.0. The zero-order valence-electron chi connectivity index (χ0n) is 15.7. The van der Waals surface area contributed by atoms with E-state index in [0.29, 0.717) is 28.8 Å². The van der Waals surface area contributed by atoms with Gasteiger partial charge in [0.25, 0.3) is 0 Å². The topological polar surface area (TPSA) is 87.1 Å². The average Bonchev–Trinajstić information content (AvgIpc) is 2.74. The summed E-state index contributed by atoms with van der Waals surface area (Å²) in [6, 6.07) is 7.90. The van der Waals surface area contributed by atoms with Crippen LogP contribution >= 0.6 is 0 Å². The average molecular weight is 374 g/mol. The van der Waals surface area contributed by atoms with Crippen molar-refractivity contribution in [2.24, 2.45) is 0 Å². The van der Waals surface area contributed by atoms with E-state index in [2.05, 4.69) is 31.1 Å². The maximum Gasteiger partial charge on any atom is 0.226 e. The first-order valence-corrected chi connectivity index (χ1v) is 9.36. The second-order valence-corrected chi connectivity index (χ2v) is 7.05. The molecule has 28 heavy (non-hydrogen) atoms. The Labute approximate surface area is 163 Å². The van der Waals surface area contributed by atoms with Crippen LogP contribution in [-0.4, -0.2) is 44.2 Å². The summed E-state index contributed by atoms with van der Waals surface area (Å²) in [6.45, 7) is 0. The van der Waals surface area contributed by atoms with E-state index in [9.17, 15) is 5.11 Å². The SMILES string of the molecule is C#Cc1cccc(Nc2ncnc3cnc(N(C)C4CCC(O)CC4)nc23)c1. The lowest BCUT2D eigenvalue weighted by Gasteiger charge is -2.33. The van der Waals surface area contributed by atoms with Crippen molar-refractivity contribution in [3.05, 3.63) is 42.4 Å². The molecule has 0 amide bonds. The molecule has 1 aliphatic rings. The molecule has 0 spiro atoms. The first-order valence-electron chi connectivity index (χ1n) is 9.36. The van der Waals surface area contributed by atoms with Crippen LogP contribution in [-0.2, 0) is 0 Å². The number of benzene rings is 1. The molecule has 0 radical (unpaired) electrons. The molecule has 1 aromatic carbocycles. The number of anilines is 3. The molecule has 0 bridgehead atoms. The molecule has 1 aliphatic carbocycles. The minimum absolute atomic E-state index is 0.190. The quantitative estimate of drug-likeness (QED) is 0.679. The molecule has 1 saturated carbocycles. The molecule has 7 nitrogen and oxygen atoms in total. The second kappa shape index (κ2) is 7.79. The van der Waals surface area contributed by atoms with Gasteiger partial charge in [0.1, 0.15) is 17.4 Å². The fraction of sp³-hybridized carbons (Fsp3) is 0.333. The van der Waals surface area contributed by atoms with E-state index in [1.54, 1.807) is 6.20 Å². The van der Waals surface area contributed by atoms with Gasteiger partial charge in [-0.25, -0.2) is 19.9 Å². The monoisotopic (exact) mass is 374 g/mol. The van der Waals surface area contributed by atoms with Crippen LogP contribution in [0.2, 0.25) is 0 Å². The van der Waals surface area contributed by atoms with Crippen molar-refractivity contribution in [3.8, 4) is 12.3 Å². The van der Waals surface area contributed by atoms with Gasteiger partial charge in [-0.1, -0.05) is 12.0 Å². The molecule has 2 aromatic heterocycles. The third kappa shape index (κ3) is 3.73. The number of hydrogen-bond donors (Lipinski definition) is 2. The van der Waals surface area contributed by atoms with Crippen molar-refractivity contribution < 1.29 is 5.11 Å². The lowest BCUT2D eigenvalue weighted by Crippen LogP contribution is -2.37. The zero-order chi connectivity index (χ0) is 19.5. The minimum Gasteiger partial charge on any atom is -0.393 e. The van der Waals surface area contributed by atoms with Gasteiger partial charge in [-0.3, -0.25) is 0 Å². The highest BCUT2D eigenvalue weighted by Crippen LogP contribution is 2.27. The summed E-state index contributed by atoms with van der Waals surface area (Å²) >= 11 is 0. The van der Waals surface area contributed by atoms with Crippen LogP contribution in [0.25, 0.3) is 11.0 Å². The van der Waals surface area contributed by atoms with Gasteiger partial charge in [0.15, 0.2) is 5.82 Å². The van der Waals surface area contributed by atoms with Crippen molar-refractivity contribution in [2.75, 3.05) is 17.3 Å². The number of nitrogens with one attached hydrogen (secondary N) is 1. The summed E-state index contributed by atoms with van der Waals surface area (Å²) in [5.74, 6) is 3.87. The van der Waals surface area contributed by atoms with Crippen molar-refractivity contribution in [2.45, 2.75) is 37.8 Å². The van der Waals surface area contributed by atoms with E-state index in [-0.39, 0.29) is 6.10 Å². The normalized spacial score (nSPS) is 19.2. The van der Waals surface area contributed by atoms with E-state index in [4.69, 9.17) is 11.4 Å². The number of fused-ring (bicyclic) bond motifs is 1. The van der Waals surface area contributed by atoms with Gasteiger partial charge in [0.05, 0.1) is 12.3 Å². The van der Waals surface area contributed by atoms with Crippen molar-refractivity contribution >= 4 is 28.5 Å². The molecule has 4 rings (SSSR count). The van der Waals surface area contributed by atoms with Crippen molar-refractivity contribution in [3.63, 3.8) is 0 Å². The van der Waals surface area contributed by atoms with E-state index in [0.717, 1.165) is 36.9 Å². The highest BCUT2D eigenvalue weighted by molar-refractivity contribution is 5.87. The van der Waals surface area contributed by atoms with Crippen molar-refractivity contribution in [1.29, 1.82) is 0 Å². The molecule has 0 saturated heterocycles. The van der Waals surface area contributed by atoms with Gasteiger partial charge in [0, 0.05) is 24.3 Å². The van der Waals surface area contributed by atoms with Crippen LogP contribution in [0.5, 0.6) is 0 Å². The zero-order valence-corrected chi connectivity index (χ0v) is 15.7. The Morgan fingerprint density at radius 1 is 1.18 bits per heavy atom. The molecule has 3 aromatic rings. The van der Waals surface area contributed by atoms with Crippen LogP contribution < -0.4 is 10.2 Å². The van der Waals surface area contributed by atoms with Crippen LogP contribution in [0.1, 0.15) is 31.2 Å². The summed E-state index contributed by atoms with van der Waals surface area (Å²) in [7, 11) is 2.00. The lowest BCUT2D eigenvalue weighted by atomic mass is 9.92. The molecule has 1 fully saturated rings. The fourth-order valence-electron chi connectivity index (χ4n) is 3.54. The Kier molecular flexibility index (Phi) is 5.04. The molecule has 142 valence electrons. The molecular formula is C21H22N6O. The van der Waals surface area contributed by atoms with E-state index < -0.39 is 0 Å². The molecule has 0 unspecified atom stereocenters. The highest BCUT2D eigenvalue weighted by atomic mass is 16.3. The second-order valence-electron chi connectivity index (χ2n) is 7.05. The fourth-order valence-corrected chi connectivity index (χ4v) is 3.54. The van der Waals surface area contributed by atoms with Gasteiger partial charge < -0.3 is 15.3 Å². The largest absolute Gasteiger partial charge is 0.393 e. The third-order valence-corrected chi connectivity index (χ3v) is 5.19. The molecule has 0 aliphatic heterocycles. The Morgan fingerprint density at radius 2 is 2.00 bits per heavy atom. The maximum absolute atomic E-state index is 9.75. The summed E-state index contributed by atoms with van der Waals surface area (Å²) in [5.41, 5.74) is 2.95. The Balaban J connectivity index is 1.64. The van der Waals surface area contributed by atoms with Crippen LogP contribution in [0.3, 0.4) is 0 Å². The van der Waals surface area contributed by atoms with Gasteiger partial charge in [-0.2, -0.15) is 0 Å². The molecule has 2 N–H and O–H groups in total. The molecule has 7 heteroatoms. The predicted molar refractivity (Wildman–Crippen MR) is 109 cm³/mol. The van der Waals surface area contributed by atoms with Crippen LogP contribution in [0.15, 0.2) is 36.8 Å². The van der Waals surface area contributed by atoms with Gasteiger partial charge >= 0.3 is 0 Å². The number of terminal acetylenes is 1. The highest BCUT2D eigenvalue weighted by Gasteiger charge is 2.24. The number of nitrogens with zero attached hydrogens (tertiary/aromatic N) is 5. The summed E-state index contributed by atoms with van der Waals surface area (Å²) in [5, 5.41) is 13.0. The van der Waals surface area contributed by atoms with Gasteiger partial charge in [-0.05, 0) is 43.9 Å². The number of hydrogen-bond acceptors (Lipinski definition) is 7. The number of aliphatic hydroxyl groups excluding tert-OH is 1. The van der Waals surface area contributed by atoms with Crippen LogP contribution in [0.4, 0.5) is 17.5 Å². The standard InChI is InChI=1S/C21H22N6O/c1-3-14-5-4-6-15(11-14)25-20-19-18(23-13-24-20)12-22-21(26-19)27(2)16-7-9-17(28)10-8-16/h1,4-6,11-13,16-17,28H,7-10H2,2H3,(H,23,24,25). The first kappa shape index (κ1) is 18.1. The number of aromatic nitrogens is 4. The number of rotatable bonds is 4. The Hall–Kier alpha value is -3.24. The van der Waals surface area contributed by atoms with E-state index >= 15 is 0 Å². The van der Waals surface area contributed by atoms with E-state index in [1.165, 1.54) is 6.33 Å². The first-order chi connectivity index (χ1) is 13.6. The Morgan fingerprint density at radius 3 is 2.79 bits per heavy atom. The third-order valence-electron chi connectivity index (χ3n) is 5.19. The van der Waals surface area contributed by atoms with E-state index in [1.807, 2.05) is 31.3 Å². The minimum atomic E-state index is -0.190. The molecule has 0 atom stereocenters. The summed E-state index contributed by atoms with van der Waals surface area (Å²) in [4.78, 5) is 19.9. The molecular weight excluding hydrogens is 352 g/mol. The number of aliphatic hydroxyl groups is 1. The van der Waals surface area contributed by atoms with Crippen molar-refractivity contribution in [1.82, 2.24) is 19.9 Å². The van der Waals surface area contributed by atoms with Gasteiger partial charge in [0.2, 0.25) is 5.95 Å². The smallest absolute Gasteiger partial charge is 0.226 e. The molecule has 2 heterocycles. The van der Waals surface area contributed by atoms with Gasteiger partial charge in [-0.15, -0.1) is 6.42 Å². The van der Waals surface area contributed by atoms with Crippen LogP contribution in [0, 0.1) is 12.3 Å². The Bertz CT molecular complexity index is 1020. The lowest BCUT2D eigenvalue weighted by molar-refractivity contribution is 0.122. The maximum atomic E-state index is 9.75. The predicted octanol–water partition coefficient (Wildman–Crippen LogP) is 2.88. The summed E-state index contributed by atoms with van der Waals surface area (Å²) < 4.78 is 0.